The van der Waals surface area contributed by atoms with Gasteiger partial charge in [0.1, 0.15) is 5.82 Å². The molecule has 5 nitrogen and oxygen atoms in total. The van der Waals surface area contributed by atoms with E-state index in [4.69, 9.17) is 0 Å². The van der Waals surface area contributed by atoms with Gasteiger partial charge in [-0.1, -0.05) is 0 Å². The van der Waals surface area contributed by atoms with Crippen LogP contribution in [0, 0.1) is 6.92 Å². The van der Waals surface area contributed by atoms with Crippen LogP contribution in [0.4, 0.5) is 11.8 Å². The van der Waals surface area contributed by atoms with Gasteiger partial charge in [-0.2, -0.15) is 4.98 Å². The van der Waals surface area contributed by atoms with E-state index in [1.807, 2.05) is 20.2 Å². The summed E-state index contributed by atoms with van der Waals surface area (Å²) in [5.74, 6) is 1.58. The first-order valence-electron chi connectivity index (χ1n) is 6.03. The molecule has 0 amide bonds. The minimum Gasteiger partial charge on any atom is -0.370 e. The van der Waals surface area contributed by atoms with Crippen molar-refractivity contribution in [3.63, 3.8) is 0 Å². The van der Waals surface area contributed by atoms with Crippen molar-refractivity contribution in [2.75, 3.05) is 44.9 Å². The summed E-state index contributed by atoms with van der Waals surface area (Å²) in [5, 5.41) is 6.29. The fraction of sp³-hybridized carbons (Fsp3) is 0.667. The van der Waals surface area contributed by atoms with E-state index in [1.165, 1.54) is 6.42 Å². The van der Waals surface area contributed by atoms with Gasteiger partial charge in [0.05, 0.1) is 0 Å². The molecule has 0 aliphatic heterocycles. The predicted octanol–water partition coefficient (Wildman–Crippen LogP) is 1.58. The largest absolute Gasteiger partial charge is 0.370 e. The number of unbranched alkanes of at least 4 members (excludes halogenated alkanes) is 1. The van der Waals surface area contributed by atoms with Crippen LogP contribution in [0.1, 0.15) is 18.4 Å². The van der Waals surface area contributed by atoms with Crippen molar-refractivity contribution < 1.29 is 0 Å². The van der Waals surface area contributed by atoms with Crippen LogP contribution < -0.4 is 10.6 Å². The normalized spacial score (nSPS) is 10.6. The molecule has 0 aliphatic rings. The number of aryl methyl sites for hydroxylation is 1. The lowest BCUT2D eigenvalue weighted by Gasteiger charge is -2.11. The number of hydrogen-bond donors (Lipinski definition) is 2. The Kier molecular flexibility index (Phi) is 5.69. The summed E-state index contributed by atoms with van der Waals surface area (Å²) >= 11 is 0. The second-order valence-corrected chi connectivity index (χ2v) is 4.41. The van der Waals surface area contributed by atoms with Crippen LogP contribution in [0.2, 0.25) is 0 Å². The first-order chi connectivity index (χ1) is 8.13. The highest BCUT2D eigenvalue weighted by Gasteiger charge is 2.01. The average molecular weight is 237 g/mol. The molecule has 1 aromatic rings. The van der Waals surface area contributed by atoms with E-state index < -0.39 is 0 Å². The number of anilines is 2. The topological polar surface area (TPSA) is 53.1 Å². The maximum atomic E-state index is 4.38. The van der Waals surface area contributed by atoms with Gasteiger partial charge in [-0.3, -0.25) is 0 Å². The quantitative estimate of drug-likeness (QED) is 0.705. The van der Waals surface area contributed by atoms with Gasteiger partial charge in [0.25, 0.3) is 0 Å². The second kappa shape index (κ2) is 7.06. The molecule has 0 fully saturated rings. The summed E-state index contributed by atoms with van der Waals surface area (Å²) in [4.78, 5) is 10.7. The molecule has 17 heavy (non-hydrogen) atoms. The minimum atomic E-state index is 0.659. The van der Waals surface area contributed by atoms with Crippen molar-refractivity contribution in [2.45, 2.75) is 19.8 Å². The summed E-state index contributed by atoms with van der Waals surface area (Å²) in [5.41, 5.74) is 1.08. The van der Waals surface area contributed by atoms with Crippen molar-refractivity contribution in [3.05, 3.63) is 11.8 Å². The van der Waals surface area contributed by atoms with Crippen molar-refractivity contribution in [1.29, 1.82) is 0 Å². The van der Waals surface area contributed by atoms with Gasteiger partial charge in [-0.15, -0.1) is 0 Å². The molecule has 1 heterocycles. The fourth-order valence-electron chi connectivity index (χ4n) is 1.50. The van der Waals surface area contributed by atoms with Gasteiger partial charge in [0.15, 0.2) is 0 Å². The van der Waals surface area contributed by atoms with E-state index in [1.54, 1.807) is 0 Å². The lowest BCUT2D eigenvalue weighted by Crippen LogP contribution is -2.14. The highest BCUT2D eigenvalue weighted by atomic mass is 15.1. The van der Waals surface area contributed by atoms with E-state index in [2.05, 4.69) is 39.6 Å². The van der Waals surface area contributed by atoms with Crippen molar-refractivity contribution in [2.24, 2.45) is 0 Å². The summed E-state index contributed by atoms with van der Waals surface area (Å²) in [6.07, 6.45) is 4.18. The maximum Gasteiger partial charge on any atom is 0.224 e. The summed E-state index contributed by atoms with van der Waals surface area (Å²) < 4.78 is 0. The van der Waals surface area contributed by atoms with Crippen molar-refractivity contribution >= 4 is 11.8 Å². The van der Waals surface area contributed by atoms with Crippen LogP contribution in [-0.2, 0) is 0 Å². The standard InChI is InChI=1S/C12H23N5/c1-10-9-15-12(13-2)16-11(10)14-7-5-6-8-17(3)4/h9H,5-8H2,1-4H3,(H2,13,14,15,16). The number of aromatic nitrogens is 2. The molecule has 0 saturated heterocycles. The second-order valence-electron chi connectivity index (χ2n) is 4.41. The molecule has 2 N–H and O–H groups in total. The first kappa shape index (κ1) is 13.7. The van der Waals surface area contributed by atoms with Crippen LogP contribution in [0.5, 0.6) is 0 Å². The van der Waals surface area contributed by atoms with Crippen LogP contribution in [0.15, 0.2) is 6.20 Å². The third-order valence-corrected chi connectivity index (χ3v) is 2.52. The zero-order chi connectivity index (χ0) is 12.7. The smallest absolute Gasteiger partial charge is 0.224 e. The number of hydrogen-bond acceptors (Lipinski definition) is 5. The van der Waals surface area contributed by atoms with Gasteiger partial charge in [0, 0.05) is 25.4 Å². The van der Waals surface area contributed by atoms with E-state index in [0.29, 0.717) is 5.95 Å². The first-order valence-corrected chi connectivity index (χ1v) is 6.03. The molecule has 0 aromatic carbocycles. The molecule has 1 aromatic heterocycles. The molecule has 0 bridgehead atoms. The summed E-state index contributed by atoms with van der Waals surface area (Å²) in [7, 11) is 6.02. The Morgan fingerprint density at radius 3 is 2.71 bits per heavy atom. The Labute approximate surface area is 104 Å². The van der Waals surface area contributed by atoms with Crippen LogP contribution in [-0.4, -0.2) is 49.1 Å². The zero-order valence-electron chi connectivity index (χ0n) is 11.2. The van der Waals surface area contributed by atoms with Gasteiger partial charge >= 0.3 is 0 Å². The summed E-state index contributed by atoms with van der Waals surface area (Å²) in [6.45, 7) is 4.10. The SMILES string of the molecule is CNc1ncc(C)c(NCCCCN(C)C)n1. The van der Waals surface area contributed by atoms with Gasteiger partial charge in [-0.05, 0) is 40.4 Å². The maximum absolute atomic E-state index is 4.38. The van der Waals surface area contributed by atoms with Crippen molar-refractivity contribution in [3.8, 4) is 0 Å². The highest BCUT2D eigenvalue weighted by Crippen LogP contribution is 2.12. The average Bonchev–Trinajstić information content (AvgIpc) is 2.30. The molecule has 0 radical (unpaired) electrons. The van der Waals surface area contributed by atoms with E-state index >= 15 is 0 Å². The van der Waals surface area contributed by atoms with E-state index in [-0.39, 0.29) is 0 Å². The molecule has 1 rings (SSSR count). The van der Waals surface area contributed by atoms with Gasteiger partial charge < -0.3 is 15.5 Å². The molecule has 0 unspecified atom stereocenters. The van der Waals surface area contributed by atoms with Crippen LogP contribution in [0.3, 0.4) is 0 Å². The molecule has 0 saturated carbocycles. The number of nitrogens with zero attached hydrogens (tertiary/aromatic N) is 3. The lowest BCUT2D eigenvalue weighted by atomic mass is 10.3. The minimum absolute atomic E-state index is 0.659. The lowest BCUT2D eigenvalue weighted by molar-refractivity contribution is 0.396. The fourth-order valence-corrected chi connectivity index (χ4v) is 1.50. The molecule has 0 aliphatic carbocycles. The molecule has 0 atom stereocenters. The zero-order valence-corrected chi connectivity index (χ0v) is 11.2. The molecular weight excluding hydrogens is 214 g/mol. The number of rotatable bonds is 7. The third-order valence-electron chi connectivity index (χ3n) is 2.52. The Balaban J connectivity index is 2.35. The Bertz CT molecular complexity index is 338. The van der Waals surface area contributed by atoms with Crippen LogP contribution in [0.25, 0.3) is 0 Å². The Morgan fingerprint density at radius 1 is 1.29 bits per heavy atom. The van der Waals surface area contributed by atoms with E-state index in [0.717, 1.165) is 30.9 Å². The molecule has 5 heteroatoms. The van der Waals surface area contributed by atoms with E-state index in [9.17, 15) is 0 Å². The van der Waals surface area contributed by atoms with Gasteiger partial charge in [-0.25, -0.2) is 4.98 Å². The predicted molar refractivity (Wildman–Crippen MR) is 72.6 cm³/mol. The van der Waals surface area contributed by atoms with Crippen molar-refractivity contribution in [1.82, 2.24) is 14.9 Å². The number of nitrogens with one attached hydrogen (secondary N) is 2. The highest BCUT2D eigenvalue weighted by molar-refractivity contribution is 5.46. The van der Waals surface area contributed by atoms with Gasteiger partial charge in [0.2, 0.25) is 5.95 Å². The molecule has 96 valence electrons. The molecular formula is C12H23N5. The molecule has 0 spiro atoms. The Hall–Kier alpha value is -1.36. The Morgan fingerprint density at radius 2 is 2.06 bits per heavy atom. The monoisotopic (exact) mass is 237 g/mol. The third kappa shape index (κ3) is 4.99. The van der Waals surface area contributed by atoms with Crippen LogP contribution >= 0.6 is 0 Å². The summed E-state index contributed by atoms with van der Waals surface area (Å²) in [6, 6.07) is 0.